The van der Waals surface area contributed by atoms with Crippen LogP contribution in [0.3, 0.4) is 0 Å². The predicted octanol–water partition coefficient (Wildman–Crippen LogP) is 1.71. The van der Waals surface area contributed by atoms with Crippen molar-refractivity contribution in [2.45, 2.75) is 42.3 Å². The molecular weight excluding hydrogens is 420 g/mol. The van der Waals surface area contributed by atoms with Crippen LogP contribution in [0.25, 0.3) is 0 Å². The molecule has 3 atom stereocenters. The van der Waals surface area contributed by atoms with E-state index in [0.717, 1.165) is 12.8 Å². The van der Waals surface area contributed by atoms with Crippen molar-refractivity contribution < 1.29 is 27.8 Å². The van der Waals surface area contributed by atoms with E-state index in [1.54, 1.807) is 12.1 Å². The predicted molar refractivity (Wildman–Crippen MR) is 105 cm³/mol. The SMILES string of the molecule is O=C(OCC1COCC(C2CC2)N1S(=O)(=O)c1ccc(Cl)cc1)N1CCC(O)C1. The number of likely N-dealkylation sites (tertiary alicyclic amines) is 1. The van der Waals surface area contributed by atoms with E-state index in [1.807, 2.05) is 0 Å². The third kappa shape index (κ3) is 4.54. The van der Waals surface area contributed by atoms with Gasteiger partial charge < -0.3 is 19.5 Å². The number of aliphatic hydroxyl groups excluding tert-OH is 1. The number of aliphatic hydroxyl groups is 1. The van der Waals surface area contributed by atoms with E-state index < -0.39 is 28.3 Å². The summed E-state index contributed by atoms with van der Waals surface area (Å²) in [6.07, 6.45) is 1.35. The van der Waals surface area contributed by atoms with E-state index in [4.69, 9.17) is 21.1 Å². The standard InChI is InChI=1S/C19H25ClN2O6S/c20-14-3-5-17(6-4-14)29(25,26)22-15(10-27-12-18(22)13-1-2-13)11-28-19(24)21-8-7-16(23)9-21/h3-6,13,15-16,18,23H,1-2,7-12H2. The Morgan fingerprint density at radius 2 is 1.93 bits per heavy atom. The number of benzene rings is 1. The topological polar surface area (TPSA) is 96.4 Å². The van der Waals surface area contributed by atoms with E-state index in [0.29, 0.717) is 24.6 Å². The van der Waals surface area contributed by atoms with Gasteiger partial charge in [-0.3, -0.25) is 0 Å². The highest BCUT2D eigenvalue weighted by Crippen LogP contribution is 2.40. The number of hydrogen-bond donors (Lipinski definition) is 1. The van der Waals surface area contributed by atoms with Crippen molar-refractivity contribution in [1.82, 2.24) is 9.21 Å². The summed E-state index contributed by atoms with van der Waals surface area (Å²) in [5, 5.41) is 10.1. The molecule has 1 saturated carbocycles. The number of morpholine rings is 1. The number of amides is 1. The summed E-state index contributed by atoms with van der Waals surface area (Å²) in [5.41, 5.74) is 0. The normalized spacial score (nSPS) is 28.5. The maximum absolute atomic E-state index is 13.4. The average Bonchev–Trinajstić information content (AvgIpc) is 3.46. The summed E-state index contributed by atoms with van der Waals surface area (Å²) in [7, 11) is -3.81. The number of carbonyl (C=O) groups excluding carboxylic acids is 1. The minimum atomic E-state index is -3.81. The Hall–Kier alpha value is -1.39. The van der Waals surface area contributed by atoms with E-state index in [1.165, 1.54) is 21.3 Å². The Balaban J connectivity index is 1.53. The van der Waals surface area contributed by atoms with E-state index in [-0.39, 0.29) is 36.6 Å². The van der Waals surface area contributed by atoms with Crippen LogP contribution in [-0.2, 0) is 19.5 Å². The summed E-state index contributed by atoms with van der Waals surface area (Å²) in [6, 6.07) is 5.20. The summed E-state index contributed by atoms with van der Waals surface area (Å²) < 4.78 is 39.4. The number of carbonyl (C=O) groups is 1. The molecule has 1 aromatic carbocycles. The van der Waals surface area contributed by atoms with Crippen LogP contribution in [0.4, 0.5) is 4.79 Å². The van der Waals surface area contributed by atoms with Gasteiger partial charge in [0.05, 0.1) is 36.3 Å². The lowest BCUT2D eigenvalue weighted by molar-refractivity contribution is -0.0353. The third-order valence-electron chi connectivity index (χ3n) is 5.66. The highest BCUT2D eigenvalue weighted by Gasteiger charge is 2.47. The first-order valence-electron chi connectivity index (χ1n) is 9.83. The van der Waals surface area contributed by atoms with Crippen LogP contribution >= 0.6 is 11.6 Å². The quantitative estimate of drug-likeness (QED) is 0.742. The fourth-order valence-corrected chi connectivity index (χ4v) is 5.91. The Kier molecular flexibility index (Phi) is 6.04. The lowest BCUT2D eigenvalue weighted by Crippen LogP contribution is -2.57. The second-order valence-electron chi connectivity index (χ2n) is 7.85. The van der Waals surface area contributed by atoms with Crippen molar-refractivity contribution in [1.29, 1.82) is 0 Å². The molecule has 160 valence electrons. The molecule has 8 nitrogen and oxygen atoms in total. The van der Waals surface area contributed by atoms with Crippen LogP contribution in [0.1, 0.15) is 19.3 Å². The van der Waals surface area contributed by atoms with Gasteiger partial charge in [0.25, 0.3) is 0 Å². The number of ether oxygens (including phenoxy) is 2. The molecule has 0 bridgehead atoms. The second-order valence-corrected chi connectivity index (χ2v) is 10.1. The number of halogens is 1. The van der Waals surface area contributed by atoms with Crippen LogP contribution in [0.5, 0.6) is 0 Å². The lowest BCUT2D eigenvalue weighted by atomic mass is 10.1. The molecule has 3 fully saturated rings. The average molecular weight is 445 g/mol. The monoisotopic (exact) mass is 444 g/mol. The lowest BCUT2D eigenvalue weighted by Gasteiger charge is -2.40. The molecule has 1 aliphatic carbocycles. The number of hydrogen-bond acceptors (Lipinski definition) is 6. The zero-order valence-electron chi connectivity index (χ0n) is 15.9. The van der Waals surface area contributed by atoms with Crippen molar-refractivity contribution in [3.8, 4) is 0 Å². The molecule has 0 spiro atoms. The van der Waals surface area contributed by atoms with Crippen LogP contribution < -0.4 is 0 Å². The molecule has 29 heavy (non-hydrogen) atoms. The number of nitrogens with zero attached hydrogens (tertiary/aromatic N) is 2. The van der Waals surface area contributed by atoms with Crippen molar-refractivity contribution in [2.24, 2.45) is 5.92 Å². The van der Waals surface area contributed by atoms with Gasteiger partial charge in [-0.05, 0) is 49.4 Å². The van der Waals surface area contributed by atoms with Crippen LogP contribution in [0.15, 0.2) is 29.2 Å². The molecule has 4 rings (SSSR count). The molecule has 2 aliphatic heterocycles. The minimum absolute atomic E-state index is 0.0958. The highest BCUT2D eigenvalue weighted by atomic mass is 35.5. The molecule has 0 aromatic heterocycles. The molecular formula is C19H25ClN2O6S. The van der Waals surface area contributed by atoms with Gasteiger partial charge in [0.2, 0.25) is 10.0 Å². The van der Waals surface area contributed by atoms with Gasteiger partial charge in [0, 0.05) is 18.1 Å². The van der Waals surface area contributed by atoms with Crippen molar-refractivity contribution in [2.75, 3.05) is 32.9 Å². The Morgan fingerprint density at radius 3 is 2.55 bits per heavy atom. The largest absolute Gasteiger partial charge is 0.448 e. The van der Waals surface area contributed by atoms with Gasteiger partial charge in [0.1, 0.15) is 6.61 Å². The Bertz CT molecular complexity index is 845. The fraction of sp³-hybridized carbons (Fsp3) is 0.632. The molecule has 2 heterocycles. The first-order chi connectivity index (χ1) is 13.9. The first kappa shape index (κ1) is 20.9. The fourth-order valence-electron chi connectivity index (χ4n) is 3.96. The minimum Gasteiger partial charge on any atom is -0.448 e. The molecule has 3 unspecified atom stereocenters. The number of rotatable bonds is 5. The molecule has 3 aliphatic rings. The van der Waals surface area contributed by atoms with Crippen LogP contribution in [0, 0.1) is 5.92 Å². The summed E-state index contributed by atoms with van der Waals surface area (Å²) in [6.45, 7) is 1.06. The maximum atomic E-state index is 13.4. The van der Waals surface area contributed by atoms with E-state index in [2.05, 4.69) is 0 Å². The molecule has 0 radical (unpaired) electrons. The van der Waals surface area contributed by atoms with Crippen LogP contribution in [0.2, 0.25) is 5.02 Å². The highest BCUT2D eigenvalue weighted by molar-refractivity contribution is 7.89. The van der Waals surface area contributed by atoms with Crippen LogP contribution in [-0.4, -0.2) is 79.9 Å². The summed E-state index contributed by atoms with van der Waals surface area (Å²) in [5.74, 6) is 0.254. The Labute approximate surface area is 175 Å². The summed E-state index contributed by atoms with van der Waals surface area (Å²) in [4.78, 5) is 13.9. The number of β-amino-alcohol motifs (C(OH)–C–C–N with tert-alkyl or cyclic N) is 1. The Morgan fingerprint density at radius 1 is 1.21 bits per heavy atom. The molecule has 2 saturated heterocycles. The third-order valence-corrected chi connectivity index (χ3v) is 7.91. The van der Waals surface area contributed by atoms with Crippen molar-refractivity contribution >= 4 is 27.7 Å². The summed E-state index contributed by atoms with van der Waals surface area (Å²) >= 11 is 5.91. The zero-order chi connectivity index (χ0) is 20.6. The molecule has 1 N–H and O–H groups in total. The van der Waals surface area contributed by atoms with Gasteiger partial charge in [-0.15, -0.1) is 0 Å². The first-order valence-corrected chi connectivity index (χ1v) is 11.6. The number of sulfonamides is 1. The smallest absolute Gasteiger partial charge is 0.409 e. The van der Waals surface area contributed by atoms with Gasteiger partial charge in [-0.25, -0.2) is 13.2 Å². The van der Waals surface area contributed by atoms with E-state index in [9.17, 15) is 18.3 Å². The van der Waals surface area contributed by atoms with Gasteiger partial charge in [-0.2, -0.15) is 4.31 Å². The molecule has 1 amide bonds. The zero-order valence-corrected chi connectivity index (χ0v) is 17.5. The molecule has 10 heteroatoms. The van der Waals surface area contributed by atoms with Gasteiger partial charge in [-0.1, -0.05) is 11.6 Å². The second kappa shape index (κ2) is 8.39. The van der Waals surface area contributed by atoms with Gasteiger partial charge >= 0.3 is 6.09 Å². The van der Waals surface area contributed by atoms with Crippen molar-refractivity contribution in [3.63, 3.8) is 0 Å². The van der Waals surface area contributed by atoms with E-state index >= 15 is 0 Å². The van der Waals surface area contributed by atoms with Gasteiger partial charge in [0.15, 0.2) is 0 Å². The molecule has 1 aromatic rings. The van der Waals surface area contributed by atoms with Crippen molar-refractivity contribution in [3.05, 3.63) is 29.3 Å². The maximum Gasteiger partial charge on any atom is 0.409 e.